The lowest BCUT2D eigenvalue weighted by Crippen LogP contribution is -2.38. The van der Waals surface area contributed by atoms with E-state index in [1.807, 2.05) is 13.0 Å². The van der Waals surface area contributed by atoms with Crippen LogP contribution in [-0.2, 0) is 11.8 Å². The Hall–Kier alpha value is -2.46. The summed E-state index contributed by atoms with van der Waals surface area (Å²) in [6.07, 6.45) is 2.59. The standard InChI is InChI=1S/C16H17BrN6O3/c1-8(16-21-7-23(2)22-16)25-14-11(26-9-4-24-5-9)3-10(17)13-12(14)15(18)20-6-19-13/h3,6-9H,4-5H2,1-2H3,(H2,18,19,20). The van der Waals surface area contributed by atoms with Crippen LogP contribution in [0.4, 0.5) is 5.82 Å². The van der Waals surface area contributed by atoms with E-state index in [-0.39, 0.29) is 6.10 Å². The van der Waals surface area contributed by atoms with E-state index < -0.39 is 6.10 Å². The summed E-state index contributed by atoms with van der Waals surface area (Å²) in [5.74, 6) is 1.87. The molecule has 1 aromatic carbocycles. The van der Waals surface area contributed by atoms with Crippen LogP contribution in [-0.4, -0.2) is 44.1 Å². The Morgan fingerprint density at radius 2 is 2.15 bits per heavy atom. The fourth-order valence-corrected chi connectivity index (χ4v) is 3.12. The predicted molar refractivity (Wildman–Crippen MR) is 96.9 cm³/mol. The number of rotatable bonds is 5. The van der Waals surface area contributed by atoms with Crippen LogP contribution in [0.5, 0.6) is 11.5 Å². The molecule has 1 aliphatic rings. The third-order valence-electron chi connectivity index (χ3n) is 3.99. The maximum absolute atomic E-state index is 6.18. The Labute approximate surface area is 157 Å². The normalized spacial score (nSPS) is 15.7. The van der Waals surface area contributed by atoms with E-state index in [2.05, 4.69) is 36.0 Å². The van der Waals surface area contributed by atoms with E-state index in [0.29, 0.717) is 47.3 Å². The number of nitrogen functional groups attached to an aromatic ring is 1. The summed E-state index contributed by atoms with van der Waals surface area (Å²) in [5, 5.41) is 4.88. The highest BCUT2D eigenvalue weighted by atomic mass is 79.9. The van der Waals surface area contributed by atoms with Crippen LogP contribution in [0.15, 0.2) is 23.2 Å². The molecule has 0 aliphatic carbocycles. The van der Waals surface area contributed by atoms with Crippen molar-refractivity contribution in [3.63, 3.8) is 0 Å². The number of hydrogen-bond acceptors (Lipinski definition) is 8. The average molecular weight is 421 g/mol. The van der Waals surface area contributed by atoms with Gasteiger partial charge in [0.2, 0.25) is 0 Å². The van der Waals surface area contributed by atoms with E-state index in [1.165, 1.54) is 6.33 Å². The van der Waals surface area contributed by atoms with Gasteiger partial charge in [0, 0.05) is 17.6 Å². The van der Waals surface area contributed by atoms with Gasteiger partial charge in [-0.1, -0.05) is 0 Å². The first-order chi connectivity index (χ1) is 12.5. The molecule has 2 aromatic heterocycles. The van der Waals surface area contributed by atoms with Gasteiger partial charge < -0.3 is 19.9 Å². The summed E-state index contributed by atoms with van der Waals surface area (Å²) in [6, 6.07) is 1.82. The number of aryl methyl sites for hydroxylation is 1. The first-order valence-electron chi connectivity index (χ1n) is 8.02. The summed E-state index contributed by atoms with van der Waals surface area (Å²) < 4.78 is 19.8. The van der Waals surface area contributed by atoms with Gasteiger partial charge in [-0.25, -0.2) is 15.0 Å². The maximum atomic E-state index is 6.18. The second-order valence-electron chi connectivity index (χ2n) is 5.98. The Morgan fingerprint density at radius 1 is 1.35 bits per heavy atom. The number of nitrogens with two attached hydrogens (primary N) is 1. The van der Waals surface area contributed by atoms with Gasteiger partial charge in [-0.15, -0.1) is 0 Å². The van der Waals surface area contributed by atoms with Gasteiger partial charge in [-0.2, -0.15) is 5.10 Å². The van der Waals surface area contributed by atoms with Crippen LogP contribution >= 0.6 is 15.9 Å². The van der Waals surface area contributed by atoms with Crippen LogP contribution in [0.3, 0.4) is 0 Å². The Morgan fingerprint density at radius 3 is 2.81 bits per heavy atom. The lowest BCUT2D eigenvalue weighted by Gasteiger charge is -2.28. The number of fused-ring (bicyclic) bond motifs is 1. The van der Waals surface area contributed by atoms with Gasteiger partial charge in [-0.05, 0) is 22.9 Å². The molecule has 26 heavy (non-hydrogen) atoms. The first-order valence-corrected chi connectivity index (χ1v) is 8.81. The van der Waals surface area contributed by atoms with Gasteiger partial charge in [0.15, 0.2) is 23.4 Å². The topological polar surface area (TPSA) is 110 Å². The van der Waals surface area contributed by atoms with Crippen LogP contribution in [0.25, 0.3) is 10.9 Å². The van der Waals surface area contributed by atoms with Crippen molar-refractivity contribution >= 4 is 32.7 Å². The Bertz CT molecular complexity index is 959. The number of anilines is 1. The van der Waals surface area contributed by atoms with Crippen molar-refractivity contribution in [1.29, 1.82) is 0 Å². The molecule has 2 N–H and O–H groups in total. The molecule has 1 fully saturated rings. The molecule has 0 radical (unpaired) electrons. The van der Waals surface area contributed by atoms with Crippen LogP contribution in [0, 0.1) is 0 Å². The van der Waals surface area contributed by atoms with Crippen molar-refractivity contribution in [2.45, 2.75) is 19.1 Å². The predicted octanol–water partition coefficient (Wildman–Crippen LogP) is 2.02. The van der Waals surface area contributed by atoms with Crippen molar-refractivity contribution in [2.24, 2.45) is 7.05 Å². The molecule has 3 aromatic rings. The molecular weight excluding hydrogens is 404 g/mol. The van der Waals surface area contributed by atoms with Gasteiger partial charge in [-0.3, -0.25) is 4.68 Å². The fourth-order valence-electron chi connectivity index (χ4n) is 2.61. The quantitative estimate of drug-likeness (QED) is 0.667. The van der Waals surface area contributed by atoms with E-state index in [1.54, 1.807) is 18.1 Å². The summed E-state index contributed by atoms with van der Waals surface area (Å²) >= 11 is 3.52. The lowest BCUT2D eigenvalue weighted by molar-refractivity contribution is -0.0806. The number of ether oxygens (including phenoxy) is 3. The van der Waals surface area contributed by atoms with Crippen molar-refractivity contribution in [2.75, 3.05) is 18.9 Å². The molecule has 0 saturated carbocycles. The number of aromatic nitrogens is 5. The maximum Gasteiger partial charge on any atom is 0.191 e. The second-order valence-corrected chi connectivity index (χ2v) is 6.84. The first kappa shape index (κ1) is 17.0. The molecule has 0 spiro atoms. The average Bonchev–Trinajstić information content (AvgIpc) is 3.01. The summed E-state index contributed by atoms with van der Waals surface area (Å²) in [7, 11) is 1.80. The number of halogens is 1. The van der Waals surface area contributed by atoms with Crippen LogP contribution in [0.1, 0.15) is 18.9 Å². The number of nitrogens with zero attached hydrogens (tertiary/aromatic N) is 5. The number of benzene rings is 1. The molecule has 1 unspecified atom stereocenters. The highest BCUT2D eigenvalue weighted by Crippen LogP contribution is 2.43. The summed E-state index contributed by atoms with van der Waals surface area (Å²) in [4.78, 5) is 12.6. The monoisotopic (exact) mass is 420 g/mol. The van der Waals surface area contributed by atoms with Crippen molar-refractivity contribution < 1.29 is 14.2 Å². The smallest absolute Gasteiger partial charge is 0.191 e. The Kier molecular flexibility index (Phi) is 4.37. The SMILES string of the molecule is CC(Oc1c(OC2COC2)cc(Br)c2ncnc(N)c12)c1ncn(C)n1. The molecule has 1 aliphatic heterocycles. The Balaban J connectivity index is 1.80. The van der Waals surface area contributed by atoms with E-state index in [4.69, 9.17) is 19.9 Å². The van der Waals surface area contributed by atoms with Crippen molar-refractivity contribution in [1.82, 2.24) is 24.7 Å². The van der Waals surface area contributed by atoms with Gasteiger partial charge in [0.25, 0.3) is 0 Å². The zero-order chi connectivity index (χ0) is 18.3. The molecule has 0 bridgehead atoms. The molecule has 1 saturated heterocycles. The zero-order valence-corrected chi connectivity index (χ0v) is 15.8. The molecule has 3 heterocycles. The highest BCUT2D eigenvalue weighted by molar-refractivity contribution is 9.10. The molecule has 9 nitrogen and oxygen atoms in total. The van der Waals surface area contributed by atoms with E-state index >= 15 is 0 Å². The minimum Gasteiger partial charge on any atom is -0.482 e. The second kappa shape index (κ2) is 6.69. The third-order valence-corrected chi connectivity index (χ3v) is 4.59. The molecular formula is C16H17BrN6O3. The van der Waals surface area contributed by atoms with Crippen molar-refractivity contribution in [3.8, 4) is 11.5 Å². The summed E-state index contributed by atoms with van der Waals surface area (Å²) in [6.45, 7) is 2.93. The molecule has 136 valence electrons. The number of hydrogen-bond donors (Lipinski definition) is 1. The van der Waals surface area contributed by atoms with Gasteiger partial charge in [0.1, 0.15) is 24.6 Å². The summed E-state index contributed by atoms with van der Waals surface area (Å²) in [5.41, 5.74) is 6.77. The highest BCUT2D eigenvalue weighted by Gasteiger charge is 2.26. The van der Waals surface area contributed by atoms with Crippen LogP contribution < -0.4 is 15.2 Å². The molecule has 0 amide bonds. The van der Waals surface area contributed by atoms with E-state index in [9.17, 15) is 0 Å². The zero-order valence-electron chi connectivity index (χ0n) is 14.2. The molecule has 4 rings (SSSR count). The largest absolute Gasteiger partial charge is 0.482 e. The fraction of sp³-hybridized carbons (Fsp3) is 0.375. The van der Waals surface area contributed by atoms with Crippen LogP contribution in [0.2, 0.25) is 0 Å². The lowest BCUT2D eigenvalue weighted by atomic mass is 10.2. The van der Waals surface area contributed by atoms with E-state index in [0.717, 1.165) is 4.47 Å². The van der Waals surface area contributed by atoms with Crippen molar-refractivity contribution in [3.05, 3.63) is 29.0 Å². The minimum absolute atomic E-state index is 0.0316. The third kappa shape index (κ3) is 3.06. The van der Waals surface area contributed by atoms with Gasteiger partial charge in [0.05, 0.1) is 24.1 Å². The molecule has 1 atom stereocenters. The van der Waals surface area contributed by atoms with Gasteiger partial charge >= 0.3 is 0 Å². The molecule has 10 heteroatoms. The minimum atomic E-state index is -0.417.